The molecule has 0 spiro atoms. The molecule has 2 aromatic carbocycles. The first-order valence-corrected chi connectivity index (χ1v) is 6.80. The van der Waals surface area contributed by atoms with E-state index in [0.717, 1.165) is 16.7 Å². The maximum Gasteiger partial charge on any atom is 0.123 e. The lowest BCUT2D eigenvalue weighted by Crippen LogP contribution is -2.24. The molecule has 0 aliphatic carbocycles. The summed E-state index contributed by atoms with van der Waals surface area (Å²) in [6.07, 6.45) is -0.564. The first kappa shape index (κ1) is 14.7. The van der Waals surface area contributed by atoms with Crippen LogP contribution in [0.1, 0.15) is 35.8 Å². The number of hydrogen-bond donors (Lipinski definition) is 2. The van der Waals surface area contributed by atoms with Gasteiger partial charge in [-0.05, 0) is 37.1 Å². The van der Waals surface area contributed by atoms with Gasteiger partial charge in [0.15, 0.2) is 0 Å². The monoisotopic (exact) mass is 273 g/mol. The van der Waals surface area contributed by atoms with Crippen LogP contribution in [-0.2, 0) is 0 Å². The van der Waals surface area contributed by atoms with E-state index >= 15 is 0 Å². The molecular formula is C17H20FNO. The fraction of sp³-hybridized carbons (Fsp3) is 0.294. The highest BCUT2D eigenvalue weighted by atomic mass is 19.1. The van der Waals surface area contributed by atoms with Crippen LogP contribution in [0.4, 0.5) is 4.39 Å². The van der Waals surface area contributed by atoms with Crippen molar-refractivity contribution in [1.82, 2.24) is 5.32 Å². The molecule has 0 saturated heterocycles. The van der Waals surface area contributed by atoms with Crippen LogP contribution < -0.4 is 5.32 Å². The highest BCUT2D eigenvalue weighted by molar-refractivity contribution is 5.24. The van der Waals surface area contributed by atoms with Crippen molar-refractivity contribution in [2.24, 2.45) is 0 Å². The van der Waals surface area contributed by atoms with Gasteiger partial charge < -0.3 is 10.4 Å². The minimum atomic E-state index is -0.564. The van der Waals surface area contributed by atoms with Crippen LogP contribution in [0.15, 0.2) is 48.5 Å². The zero-order valence-corrected chi connectivity index (χ0v) is 11.8. The second-order valence-corrected chi connectivity index (χ2v) is 5.11. The van der Waals surface area contributed by atoms with Crippen LogP contribution in [0, 0.1) is 12.7 Å². The lowest BCUT2D eigenvalue weighted by Gasteiger charge is -2.18. The van der Waals surface area contributed by atoms with E-state index in [-0.39, 0.29) is 11.9 Å². The third-order valence-corrected chi connectivity index (χ3v) is 3.39. The summed E-state index contributed by atoms with van der Waals surface area (Å²) in [4.78, 5) is 0. The summed E-state index contributed by atoms with van der Waals surface area (Å²) in [7, 11) is 0. The topological polar surface area (TPSA) is 32.3 Å². The first-order chi connectivity index (χ1) is 9.56. The molecule has 106 valence electrons. The normalized spacial score (nSPS) is 14.0. The highest BCUT2D eigenvalue weighted by Gasteiger charge is 2.11. The number of aliphatic hydroxyl groups excluding tert-OH is 1. The van der Waals surface area contributed by atoms with E-state index in [1.165, 1.54) is 12.1 Å². The Morgan fingerprint density at radius 3 is 2.50 bits per heavy atom. The number of aryl methyl sites for hydroxylation is 1. The second-order valence-electron chi connectivity index (χ2n) is 5.11. The molecule has 0 amide bonds. The van der Waals surface area contributed by atoms with Crippen LogP contribution in [0.2, 0.25) is 0 Å². The van der Waals surface area contributed by atoms with Crippen LogP contribution in [0.3, 0.4) is 0 Å². The maximum atomic E-state index is 13.2. The molecule has 0 radical (unpaired) electrons. The first-order valence-electron chi connectivity index (χ1n) is 6.80. The van der Waals surface area contributed by atoms with E-state index in [0.29, 0.717) is 6.54 Å². The summed E-state index contributed by atoms with van der Waals surface area (Å²) < 4.78 is 13.2. The van der Waals surface area contributed by atoms with E-state index in [9.17, 15) is 9.50 Å². The van der Waals surface area contributed by atoms with E-state index in [2.05, 4.69) is 5.32 Å². The Bertz CT molecular complexity index is 519. The van der Waals surface area contributed by atoms with Gasteiger partial charge in [-0.25, -0.2) is 4.39 Å². The number of nitrogens with one attached hydrogen (secondary N) is 1. The molecular weight excluding hydrogens is 253 g/mol. The average Bonchev–Trinajstić information content (AvgIpc) is 2.44. The molecule has 0 saturated carbocycles. The Kier molecular flexibility index (Phi) is 4.88. The minimum Gasteiger partial charge on any atom is -0.387 e. The van der Waals surface area contributed by atoms with E-state index in [1.54, 1.807) is 6.07 Å². The number of halogens is 1. The molecule has 2 N–H and O–H groups in total. The van der Waals surface area contributed by atoms with Gasteiger partial charge in [-0.3, -0.25) is 0 Å². The summed E-state index contributed by atoms with van der Waals surface area (Å²) in [5.74, 6) is -0.240. The smallest absolute Gasteiger partial charge is 0.123 e. The molecule has 0 fully saturated rings. The Balaban J connectivity index is 1.94. The minimum absolute atomic E-state index is 0.00911. The molecule has 2 aromatic rings. The highest BCUT2D eigenvalue weighted by Crippen LogP contribution is 2.17. The van der Waals surface area contributed by atoms with Gasteiger partial charge in [0.1, 0.15) is 5.82 Å². The van der Waals surface area contributed by atoms with Gasteiger partial charge in [-0.1, -0.05) is 42.0 Å². The molecule has 2 nitrogen and oxygen atoms in total. The quantitative estimate of drug-likeness (QED) is 0.873. The summed E-state index contributed by atoms with van der Waals surface area (Å²) in [5.41, 5.74) is 2.89. The fourth-order valence-corrected chi connectivity index (χ4v) is 2.18. The van der Waals surface area contributed by atoms with Crippen molar-refractivity contribution in [3.8, 4) is 0 Å². The molecule has 20 heavy (non-hydrogen) atoms. The second kappa shape index (κ2) is 6.64. The molecule has 0 aromatic heterocycles. The Morgan fingerprint density at radius 1 is 1.10 bits per heavy atom. The van der Waals surface area contributed by atoms with Crippen molar-refractivity contribution in [1.29, 1.82) is 0 Å². The summed E-state index contributed by atoms with van der Waals surface area (Å²) in [6, 6.07) is 14.3. The largest absolute Gasteiger partial charge is 0.387 e. The number of benzene rings is 2. The van der Waals surface area contributed by atoms with Crippen LogP contribution >= 0.6 is 0 Å². The van der Waals surface area contributed by atoms with Crippen LogP contribution in [0.5, 0.6) is 0 Å². The molecule has 2 atom stereocenters. The van der Waals surface area contributed by atoms with E-state index < -0.39 is 6.10 Å². The Labute approximate surface area is 119 Å². The van der Waals surface area contributed by atoms with Crippen molar-refractivity contribution >= 4 is 0 Å². The molecule has 0 aliphatic rings. The molecule has 0 bridgehead atoms. The number of hydrogen-bond acceptors (Lipinski definition) is 2. The van der Waals surface area contributed by atoms with Crippen LogP contribution in [-0.4, -0.2) is 11.7 Å². The van der Waals surface area contributed by atoms with Gasteiger partial charge >= 0.3 is 0 Å². The zero-order chi connectivity index (χ0) is 14.5. The SMILES string of the molecule is Cc1cccc(C(O)CNC(C)c2cccc(F)c2)c1. The molecule has 2 unspecified atom stereocenters. The van der Waals surface area contributed by atoms with E-state index in [1.807, 2.05) is 44.2 Å². The van der Waals surface area contributed by atoms with Gasteiger partial charge in [0.2, 0.25) is 0 Å². The lowest BCUT2D eigenvalue weighted by molar-refractivity contribution is 0.170. The predicted molar refractivity (Wildman–Crippen MR) is 79.0 cm³/mol. The standard InChI is InChI=1S/C17H20FNO/c1-12-5-3-7-15(9-12)17(20)11-19-13(2)14-6-4-8-16(18)10-14/h3-10,13,17,19-20H,11H2,1-2H3. The van der Waals surface area contributed by atoms with E-state index in [4.69, 9.17) is 0 Å². The Hall–Kier alpha value is -1.71. The van der Waals surface area contributed by atoms with Crippen molar-refractivity contribution in [3.05, 3.63) is 71.0 Å². The fourth-order valence-electron chi connectivity index (χ4n) is 2.18. The van der Waals surface area contributed by atoms with Crippen LogP contribution in [0.25, 0.3) is 0 Å². The summed E-state index contributed by atoms with van der Waals surface area (Å²) in [5, 5.41) is 13.4. The lowest BCUT2D eigenvalue weighted by atomic mass is 10.1. The summed E-state index contributed by atoms with van der Waals surface area (Å²) in [6.45, 7) is 4.39. The predicted octanol–water partition coefficient (Wildman–Crippen LogP) is 3.52. The third-order valence-electron chi connectivity index (χ3n) is 3.39. The number of aliphatic hydroxyl groups is 1. The van der Waals surface area contributed by atoms with Crippen molar-refractivity contribution in [2.75, 3.05) is 6.54 Å². The van der Waals surface area contributed by atoms with Gasteiger partial charge in [0, 0.05) is 12.6 Å². The molecule has 2 rings (SSSR count). The molecule has 0 aliphatic heterocycles. The van der Waals surface area contributed by atoms with Crippen molar-refractivity contribution < 1.29 is 9.50 Å². The maximum absolute atomic E-state index is 13.2. The third kappa shape index (κ3) is 3.89. The van der Waals surface area contributed by atoms with Gasteiger partial charge in [-0.15, -0.1) is 0 Å². The van der Waals surface area contributed by atoms with Gasteiger partial charge in [0.25, 0.3) is 0 Å². The summed E-state index contributed by atoms with van der Waals surface area (Å²) >= 11 is 0. The number of rotatable bonds is 5. The van der Waals surface area contributed by atoms with Crippen molar-refractivity contribution in [3.63, 3.8) is 0 Å². The van der Waals surface area contributed by atoms with Gasteiger partial charge in [-0.2, -0.15) is 0 Å². The Morgan fingerprint density at radius 2 is 1.80 bits per heavy atom. The van der Waals surface area contributed by atoms with Crippen molar-refractivity contribution in [2.45, 2.75) is 26.0 Å². The molecule has 0 heterocycles. The zero-order valence-electron chi connectivity index (χ0n) is 11.8. The molecule has 3 heteroatoms. The van der Waals surface area contributed by atoms with Gasteiger partial charge in [0.05, 0.1) is 6.10 Å². The average molecular weight is 273 g/mol.